The molecule has 0 aromatic heterocycles. The summed E-state index contributed by atoms with van der Waals surface area (Å²) in [4.78, 5) is 27.6. The van der Waals surface area contributed by atoms with Crippen LogP contribution in [0.2, 0.25) is 0 Å². The molecule has 2 rings (SSSR count). The molecule has 1 aromatic carbocycles. The number of amides is 1. The molecule has 1 aliphatic heterocycles. The Morgan fingerprint density at radius 2 is 1.91 bits per heavy atom. The zero-order valence-electron chi connectivity index (χ0n) is 13.9. The summed E-state index contributed by atoms with van der Waals surface area (Å²) in [5, 5.41) is 0. The molecule has 1 aromatic rings. The van der Waals surface area contributed by atoms with Crippen molar-refractivity contribution in [2.75, 3.05) is 45.1 Å². The van der Waals surface area contributed by atoms with Gasteiger partial charge in [0.15, 0.2) is 5.78 Å². The maximum Gasteiger partial charge on any atom is 0.219 e. The Morgan fingerprint density at radius 3 is 2.48 bits per heavy atom. The molecule has 6 nitrogen and oxygen atoms in total. The summed E-state index contributed by atoms with van der Waals surface area (Å²) >= 11 is 0. The van der Waals surface area contributed by atoms with E-state index in [2.05, 4.69) is 4.90 Å². The van der Waals surface area contributed by atoms with E-state index in [1.54, 1.807) is 30.0 Å². The molecule has 0 bridgehead atoms. The molecule has 0 atom stereocenters. The number of Topliss-reactive ketones (excluding diaryl/α,β-unsaturated/α-hetero) is 1. The monoisotopic (exact) mass is 319 g/mol. The Balaban J connectivity index is 1.91. The van der Waals surface area contributed by atoms with Crippen molar-refractivity contribution in [3.8, 4) is 5.75 Å². The second kappa shape index (κ2) is 7.97. The first kappa shape index (κ1) is 17.3. The minimum Gasteiger partial charge on any atom is -0.491 e. The standard InChI is InChI=1S/C17H25N3O3/c1-3-10-23-17-5-4-14(11-15(17)18)16(22)12-19-6-8-20(9-7-19)13(2)21/h4-5,11H,3,6-10,12,18H2,1-2H3. The van der Waals surface area contributed by atoms with Gasteiger partial charge in [-0.05, 0) is 24.6 Å². The SMILES string of the molecule is CCCOc1ccc(C(=O)CN2CCN(C(C)=O)CC2)cc1N. The number of piperazine rings is 1. The van der Waals surface area contributed by atoms with E-state index in [1.807, 2.05) is 6.92 Å². The minimum absolute atomic E-state index is 0.0371. The van der Waals surface area contributed by atoms with Gasteiger partial charge >= 0.3 is 0 Å². The highest BCUT2D eigenvalue weighted by Gasteiger charge is 2.21. The molecule has 0 spiro atoms. The summed E-state index contributed by atoms with van der Waals surface area (Å²) in [5.41, 5.74) is 7.04. The van der Waals surface area contributed by atoms with Crippen molar-refractivity contribution < 1.29 is 14.3 Å². The number of ketones is 1. The number of nitrogens with two attached hydrogens (primary N) is 1. The lowest BCUT2D eigenvalue weighted by atomic mass is 10.1. The Morgan fingerprint density at radius 1 is 1.22 bits per heavy atom. The number of hydrogen-bond acceptors (Lipinski definition) is 5. The second-order valence-corrected chi connectivity index (χ2v) is 5.81. The van der Waals surface area contributed by atoms with Crippen LogP contribution in [-0.2, 0) is 4.79 Å². The van der Waals surface area contributed by atoms with Gasteiger partial charge in [0, 0.05) is 38.7 Å². The predicted molar refractivity (Wildman–Crippen MR) is 89.7 cm³/mol. The van der Waals surface area contributed by atoms with Crippen LogP contribution < -0.4 is 10.5 Å². The van der Waals surface area contributed by atoms with E-state index in [9.17, 15) is 9.59 Å². The number of ether oxygens (including phenoxy) is 1. The van der Waals surface area contributed by atoms with Crippen molar-refractivity contribution in [2.45, 2.75) is 20.3 Å². The Kier molecular flexibility index (Phi) is 5.98. The van der Waals surface area contributed by atoms with Gasteiger partial charge in [-0.2, -0.15) is 0 Å². The van der Waals surface area contributed by atoms with Crippen LogP contribution >= 0.6 is 0 Å². The van der Waals surface area contributed by atoms with Gasteiger partial charge in [-0.15, -0.1) is 0 Å². The van der Waals surface area contributed by atoms with Crippen LogP contribution in [0.1, 0.15) is 30.6 Å². The first-order valence-corrected chi connectivity index (χ1v) is 8.04. The highest BCUT2D eigenvalue weighted by Crippen LogP contribution is 2.23. The molecule has 1 heterocycles. The fourth-order valence-electron chi connectivity index (χ4n) is 2.58. The lowest BCUT2D eigenvalue weighted by Gasteiger charge is -2.33. The maximum atomic E-state index is 12.4. The van der Waals surface area contributed by atoms with Gasteiger partial charge in [-0.3, -0.25) is 14.5 Å². The number of carbonyl (C=O) groups is 2. The van der Waals surface area contributed by atoms with Crippen LogP contribution in [0.25, 0.3) is 0 Å². The van der Waals surface area contributed by atoms with Gasteiger partial charge in [0.2, 0.25) is 5.91 Å². The van der Waals surface area contributed by atoms with Crippen molar-refractivity contribution >= 4 is 17.4 Å². The summed E-state index contributed by atoms with van der Waals surface area (Å²) < 4.78 is 5.52. The molecule has 6 heteroatoms. The molecule has 1 saturated heterocycles. The summed E-state index contributed by atoms with van der Waals surface area (Å²) in [6.07, 6.45) is 0.909. The van der Waals surface area contributed by atoms with Crippen LogP contribution in [0.4, 0.5) is 5.69 Å². The first-order valence-electron chi connectivity index (χ1n) is 8.04. The molecular weight excluding hydrogens is 294 g/mol. The summed E-state index contributed by atoms with van der Waals surface area (Å²) in [5.74, 6) is 0.750. The van der Waals surface area contributed by atoms with Gasteiger partial charge in [-0.25, -0.2) is 0 Å². The third-order valence-corrected chi connectivity index (χ3v) is 3.98. The molecule has 2 N–H and O–H groups in total. The smallest absolute Gasteiger partial charge is 0.219 e. The number of benzene rings is 1. The molecule has 0 radical (unpaired) electrons. The normalized spacial score (nSPS) is 15.5. The lowest BCUT2D eigenvalue weighted by Crippen LogP contribution is -2.49. The highest BCUT2D eigenvalue weighted by atomic mass is 16.5. The van der Waals surface area contributed by atoms with Crippen molar-refractivity contribution in [1.29, 1.82) is 0 Å². The average Bonchev–Trinajstić information content (AvgIpc) is 2.54. The highest BCUT2D eigenvalue weighted by molar-refractivity contribution is 5.98. The van der Waals surface area contributed by atoms with E-state index in [0.717, 1.165) is 19.5 Å². The van der Waals surface area contributed by atoms with Crippen LogP contribution in [0.15, 0.2) is 18.2 Å². The Hall–Kier alpha value is -2.08. The summed E-state index contributed by atoms with van der Waals surface area (Å²) in [6.45, 7) is 7.35. The van der Waals surface area contributed by atoms with E-state index in [0.29, 0.717) is 43.2 Å². The van der Waals surface area contributed by atoms with Crippen molar-refractivity contribution in [1.82, 2.24) is 9.80 Å². The number of carbonyl (C=O) groups excluding carboxylic acids is 2. The van der Waals surface area contributed by atoms with Gasteiger partial charge in [-0.1, -0.05) is 6.92 Å². The third kappa shape index (κ3) is 4.69. The van der Waals surface area contributed by atoms with Crippen LogP contribution in [0, 0.1) is 0 Å². The van der Waals surface area contributed by atoms with Crippen molar-refractivity contribution in [2.24, 2.45) is 0 Å². The van der Waals surface area contributed by atoms with E-state index in [-0.39, 0.29) is 11.7 Å². The van der Waals surface area contributed by atoms with Crippen molar-refractivity contribution in [3.63, 3.8) is 0 Å². The Labute approximate surface area is 137 Å². The Bertz CT molecular complexity index is 566. The summed E-state index contributed by atoms with van der Waals surface area (Å²) in [6, 6.07) is 5.20. The summed E-state index contributed by atoms with van der Waals surface area (Å²) in [7, 11) is 0. The molecule has 0 saturated carbocycles. The molecule has 1 fully saturated rings. The maximum absolute atomic E-state index is 12.4. The van der Waals surface area contributed by atoms with Crippen molar-refractivity contribution in [3.05, 3.63) is 23.8 Å². The third-order valence-electron chi connectivity index (χ3n) is 3.98. The fraction of sp³-hybridized carbons (Fsp3) is 0.529. The number of nitrogens with zero attached hydrogens (tertiary/aromatic N) is 2. The number of anilines is 1. The molecular formula is C17H25N3O3. The minimum atomic E-state index is 0.0371. The molecule has 1 aliphatic rings. The molecule has 126 valence electrons. The largest absolute Gasteiger partial charge is 0.491 e. The van der Waals surface area contributed by atoms with E-state index < -0.39 is 0 Å². The topological polar surface area (TPSA) is 75.9 Å². The zero-order chi connectivity index (χ0) is 16.8. The van der Waals surface area contributed by atoms with Gasteiger partial charge in [0.25, 0.3) is 0 Å². The number of nitrogen functional groups attached to an aromatic ring is 1. The predicted octanol–water partition coefficient (Wildman–Crippen LogP) is 1.40. The molecule has 0 unspecified atom stereocenters. The zero-order valence-corrected chi connectivity index (χ0v) is 13.9. The fourth-order valence-corrected chi connectivity index (χ4v) is 2.58. The lowest BCUT2D eigenvalue weighted by molar-refractivity contribution is -0.130. The van der Waals surface area contributed by atoms with E-state index >= 15 is 0 Å². The number of rotatable bonds is 6. The second-order valence-electron chi connectivity index (χ2n) is 5.81. The molecule has 1 amide bonds. The van der Waals surface area contributed by atoms with E-state index in [4.69, 9.17) is 10.5 Å². The van der Waals surface area contributed by atoms with E-state index in [1.165, 1.54) is 0 Å². The van der Waals surface area contributed by atoms with Gasteiger partial charge in [0.05, 0.1) is 18.8 Å². The number of hydrogen-bond donors (Lipinski definition) is 1. The average molecular weight is 319 g/mol. The quantitative estimate of drug-likeness (QED) is 0.634. The first-order chi connectivity index (χ1) is 11.0. The van der Waals surface area contributed by atoms with Crippen LogP contribution in [0.5, 0.6) is 5.75 Å². The van der Waals surface area contributed by atoms with Crippen LogP contribution in [-0.4, -0.2) is 60.8 Å². The molecule has 0 aliphatic carbocycles. The van der Waals surface area contributed by atoms with Gasteiger partial charge in [0.1, 0.15) is 5.75 Å². The van der Waals surface area contributed by atoms with Gasteiger partial charge < -0.3 is 15.4 Å². The molecule has 23 heavy (non-hydrogen) atoms. The van der Waals surface area contributed by atoms with Crippen LogP contribution in [0.3, 0.4) is 0 Å².